The van der Waals surface area contributed by atoms with Crippen molar-refractivity contribution in [3.63, 3.8) is 0 Å². The van der Waals surface area contributed by atoms with Gasteiger partial charge in [-0.3, -0.25) is 4.68 Å². The minimum absolute atomic E-state index is 0.112. The van der Waals surface area contributed by atoms with Gasteiger partial charge in [-0.1, -0.05) is 6.07 Å². The van der Waals surface area contributed by atoms with Gasteiger partial charge >= 0.3 is 0 Å². The Morgan fingerprint density at radius 2 is 2.25 bits per heavy atom. The fraction of sp³-hybridized carbons (Fsp3) is 0.364. The van der Waals surface area contributed by atoms with Crippen LogP contribution in [0.25, 0.3) is 0 Å². The summed E-state index contributed by atoms with van der Waals surface area (Å²) in [7, 11) is 0. The van der Waals surface area contributed by atoms with E-state index in [0.717, 1.165) is 15.0 Å². The van der Waals surface area contributed by atoms with Crippen LogP contribution in [-0.4, -0.2) is 9.78 Å². The van der Waals surface area contributed by atoms with E-state index in [9.17, 15) is 0 Å². The lowest BCUT2D eigenvalue weighted by molar-refractivity contribution is 0.499. The minimum Gasteiger partial charge on any atom is -0.318 e. The normalized spacial score (nSPS) is 13.3. The third-order valence-corrected chi connectivity index (χ3v) is 3.99. The van der Waals surface area contributed by atoms with Crippen molar-refractivity contribution in [1.29, 1.82) is 0 Å². The summed E-state index contributed by atoms with van der Waals surface area (Å²) in [5.41, 5.74) is 7.30. The van der Waals surface area contributed by atoms with E-state index < -0.39 is 0 Å². The number of hydrogen-bond donors (Lipinski definition) is 1. The molecule has 0 radical (unpaired) electrons. The molecule has 2 N–H and O–H groups in total. The van der Waals surface area contributed by atoms with Crippen molar-refractivity contribution in [2.24, 2.45) is 5.73 Å². The minimum atomic E-state index is -0.112. The maximum Gasteiger partial charge on any atom is 0.0828 e. The van der Waals surface area contributed by atoms with E-state index in [2.05, 4.69) is 40.9 Å². The number of nitrogens with zero attached hydrogens (tertiary/aromatic N) is 2. The van der Waals surface area contributed by atoms with Crippen molar-refractivity contribution in [2.45, 2.75) is 25.9 Å². The van der Waals surface area contributed by atoms with E-state index >= 15 is 0 Å². The van der Waals surface area contributed by atoms with Gasteiger partial charge < -0.3 is 5.73 Å². The molecule has 5 heteroatoms. The highest BCUT2D eigenvalue weighted by Gasteiger charge is 2.20. The van der Waals surface area contributed by atoms with Crippen LogP contribution < -0.4 is 5.73 Å². The molecule has 1 atom stereocenters. The third kappa shape index (κ3) is 2.07. The van der Waals surface area contributed by atoms with Gasteiger partial charge in [0.2, 0.25) is 0 Å². The zero-order valence-electron chi connectivity index (χ0n) is 9.22. The summed E-state index contributed by atoms with van der Waals surface area (Å²) in [5, 5.41) is 6.38. The summed E-state index contributed by atoms with van der Waals surface area (Å²) in [4.78, 5) is 1.16. The van der Waals surface area contributed by atoms with Crippen molar-refractivity contribution >= 4 is 27.3 Å². The molecule has 2 aromatic heterocycles. The molecule has 0 spiro atoms. The Labute approximate surface area is 107 Å². The fourth-order valence-corrected chi connectivity index (χ4v) is 2.91. The van der Waals surface area contributed by atoms with Gasteiger partial charge in [-0.05, 0) is 41.2 Å². The zero-order valence-corrected chi connectivity index (χ0v) is 11.6. The van der Waals surface area contributed by atoms with E-state index in [-0.39, 0.29) is 6.04 Å². The highest BCUT2D eigenvalue weighted by atomic mass is 79.9. The Bertz CT molecular complexity index is 462. The van der Waals surface area contributed by atoms with E-state index in [1.54, 1.807) is 11.3 Å². The molecule has 2 aromatic rings. The summed E-state index contributed by atoms with van der Waals surface area (Å²) >= 11 is 5.18. The topological polar surface area (TPSA) is 43.8 Å². The van der Waals surface area contributed by atoms with Crippen LogP contribution in [0.15, 0.2) is 28.2 Å². The molecule has 0 amide bonds. The van der Waals surface area contributed by atoms with Crippen molar-refractivity contribution < 1.29 is 0 Å². The lowest BCUT2D eigenvalue weighted by atomic mass is 10.2. The van der Waals surface area contributed by atoms with Gasteiger partial charge in [0.05, 0.1) is 22.4 Å². The lowest BCUT2D eigenvalue weighted by Gasteiger charge is -2.16. The van der Waals surface area contributed by atoms with Gasteiger partial charge in [-0.2, -0.15) is 5.10 Å². The van der Waals surface area contributed by atoms with Crippen LogP contribution in [0.3, 0.4) is 0 Å². The molecule has 0 aliphatic rings. The average Bonchev–Trinajstić information content (AvgIpc) is 2.84. The standard InChI is InChI=1S/C11H14BrN3S/c1-7(2)15-11(8(12)6-14-15)10(13)9-4-3-5-16-9/h3-7,10H,13H2,1-2H3. The number of rotatable bonds is 3. The molecule has 0 aliphatic carbocycles. The second-order valence-electron chi connectivity index (χ2n) is 3.91. The first-order chi connectivity index (χ1) is 7.61. The van der Waals surface area contributed by atoms with E-state index in [1.165, 1.54) is 0 Å². The maximum atomic E-state index is 6.26. The van der Waals surface area contributed by atoms with Crippen LogP contribution in [0.5, 0.6) is 0 Å². The van der Waals surface area contributed by atoms with Crippen LogP contribution >= 0.6 is 27.3 Å². The summed E-state index contributed by atoms with van der Waals surface area (Å²) in [6.07, 6.45) is 1.81. The monoisotopic (exact) mass is 299 g/mol. The van der Waals surface area contributed by atoms with Crippen molar-refractivity contribution in [2.75, 3.05) is 0 Å². The maximum absolute atomic E-state index is 6.26. The molecule has 0 saturated carbocycles. The molecule has 0 saturated heterocycles. The second-order valence-corrected chi connectivity index (χ2v) is 5.74. The first kappa shape index (κ1) is 11.8. The Morgan fingerprint density at radius 1 is 1.50 bits per heavy atom. The van der Waals surface area contributed by atoms with Gasteiger partial charge in [0.25, 0.3) is 0 Å². The summed E-state index contributed by atoms with van der Waals surface area (Å²) in [5.74, 6) is 0. The van der Waals surface area contributed by atoms with E-state index in [4.69, 9.17) is 5.73 Å². The molecule has 2 heterocycles. The lowest BCUT2D eigenvalue weighted by Crippen LogP contribution is -2.18. The van der Waals surface area contributed by atoms with Gasteiger partial charge in [-0.15, -0.1) is 11.3 Å². The second kappa shape index (κ2) is 4.69. The third-order valence-electron chi connectivity index (χ3n) is 2.42. The number of nitrogens with two attached hydrogens (primary N) is 1. The van der Waals surface area contributed by atoms with Gasteiger partial charge in [0, 0.05) is 10.9 Å². The molecular formula is C11H14BrN3S. The fourth-order valence-electron chi connectivity index (χ4n) is 1.66. The summed E-state index contributed by atoms with van der Waals surface area (Å²) < 4.78 is 2.94. The Balaban J connectivity index is 2.43. The summed E-state index contributed by atoms with van der Waals surface area (Å²) in [6.45, 7) is 4.20. The van der Waals surface area contributed by atoms with Crippen LogP contribution in [0, 0.1) is 0 Å². The number of hydrogen-bond acceptors (Lipinski definition) is 3. The number of halogens is 1. The molecular weight excluding hydrogens is 286 g/mol. The first-order valence-corrected chi connectivity index (χ1v) is 6.80. The predicted molar refractivity (Wildman–Crippen MR) is 70.7 cm³/mol. The predicted octanol–water partition coefficient (Wildman–Crippen LogP) is 3.34. The highest BCUT2D eigenvalue weighted by Crippen LogP contribution is 2.30. The Hall–Kier alpha value is -0.650. The summed E-state index contributed by atoms with van der Waals surface area (Å²) in [6, 6.07) is 4.27. The SMILES string of the molecule is CC(C)n1ncc(Br)c1C(N)c1cccs1. The quantitative estimate of drug-likeness (QED) is 0.945. The Morgan fingerprint density at radius 3 is 2.81 bits per heavy atom. The van der Waals surface area contributed by atoms with Crippen LogP contribution in [0.4, 0.5) is 0 Å². The smallest absolute Gasteiger partial charge is 0.0828 e. The molecule has 86 valence electrons. The molecule has 0 fully saturated rings. The highest BCUT2D eigenvalue weighted by molar-refractivity contribution is 9.10. The van der Waals surface area contributed by atoms with Gasteiger partial charge in [0.15, 0.2) is 0 Å². The molecule has 0 bridgehead atoms. The Kier molecular flexibility index (Phi) is 3.47. The molecule has 1 unspecified atom stereocenters. The van der Waals surface area contributed by atoms with Crippen molar-refractivity contribution in [3.8, 4) is 0 Å². The van der Waals surface area contributed by atoms with Gasteiger partial charge in [-0.25, -0.2) is 0 Å². The number of thiophene rings is 1. The van der Waals surface area contributed by atoms with Crippen molar-refractivity contribution in [1.82, 2.24) is 9.78 Å². The zero-order chi connectivity index (χ0) is 11.7. The molecule has 16 heavy (non-hydrogen) atoms. The molecule has 3 nitrogen and oxygen atoms in total. The average molecular weight is 300 g/mol. The van der Waals surface area contributed by atoms with E-state index in [0.29, 0.717) is 6.04 Å². The van der Waals surface area contributed by atoms with Crippen LogP contribution in [-0.2, 0) is 0 Å². The molecule has 2 rings (SSSR count). The van der Waals surface area contributed by atoms with Crippen LogP contribution in [0.1, 0.15) is 36.5 Å². The largest absolute Gasteiger partial charge is 0.318 e. The van der Waals surface area contributed by atoms with Crippen LogP contribution in [0.2, 0.25) is 0 Å². The molecule has 0 aliphatic heterocycles. The number of aromatic nitrogens is 2. The first-order valence-electron chi connectivity index (χ1n) is 5.13. The van der Waals surface area contributed by atoms with E-state index in [1.807, 2.05) is 22.3 Å². The van der Waals surface area contributed by atoms with Crippen molar-refractivity contribution in [3.05, 3.63) is 38.8 Å². The molecule has 0 aromatic carbocycles. The van der Waals surface area contributed by atoms with Gasteiger partial charge in [0.1, 0.15) is 0 Å².